The molecule has 0 aliphatic rings. The van der Waals surface area contributed by atoms with Gasteiger partial charge in [-0.15, -0.1) is 0 Å². The fourth-order valence-electron chi connectivity index (χ4n) is 0.338. The van der Waals surface area contributed by atoms with E-state index in [1.807, 2.05) is 0 Å². The summed E-state index contributed by atoms with van der Waals surface area (Å²) in [6.45, 7) is 7.86. The normalized spacial score (nSPS) is 11.6. The first kappa shape index (κ1) is 7.50. The third-order valence-corrected chi connectivity index (χ3v) is 0.719. The predicted octanol–water partition coefficient (Wildman–Crippen LogP) is -0.419. The monoisotopic (exact) mass is 125 g/mol. The quantitative estimate of drug-likeness (QED) is 0.369. The van der Waals surface area contributed by atoms with E-state index < -0.39 is 5.91 Å². The van der Waals surface area contributed by atoms with E-state index in [2.05, 4.69) is 4.85 Å². The number of carbonyl (C=O) groups is 1. The molecule has 48 valence electrons. The molecule has 0 spiro atoms. The molecule has 9 heavy (non-hydrogen) atoms. The van der Waals surface area contributed by atoms with Crippen LogP contribution in [0.5, 0.6) is 0 Å². The van der Waals surface area contributed by atoms with Crippen molar-refractivity contribution < 1.29 is 4.79 Å². The Bertz CT molecular complexity index is 195. The van der Waals surface area contributed by atoms with Crippen LogP contribution in [0.1, 0.15) is 6.92 Å². The summed E-state index contributed by atoms with van der Waals surface area (Å²) < 4.78 is 0. The van der Waals surface area contributed by atoms with E-state index in [0.717, 1.165) is 0 Å². The molecule has 0 saturated heterocycles. The van der Waals surface area contributed by atoms with Crippen LogP contribution >= 0.6 is 0 Å². The minimum absolute atomic E-state index is 0.164. The fraction of sp³-hybridized carbons (Fsp3) is 0.200. The number of hydrogen-bond donors (Lipinski definition) is 2. The van der Waals surface area contributed by atoms with Crippen LogP contribution in [0, 0.1) is 6.57 Å². The Kier molecular flexibility index (Phi) is 2.27. The van der Waals surface area contributed by atoms with E-state index in [9.17, 15) is 4.79 Å². The first-order chi connectivity index (χ1) is 4.09. The van der Waals surface area contributed by atoms with E-state index in [1.54, 1.807) is 0 Å². The largest absolute Gasteiger partial charge is 0.411 e. The molecule has 1 amide bonds. The Morgan fingerprint density at radius 1 is 1.56 bits per heavy atom. The SMILES string of the molecule is [C-]#[N+]/C(C(N)=O)=C(\C)N. The van der Waals surface area contributed by atoms with Crippen LogP contribution in [0.25, 0.3) is 4.85 Å². The lowest BCUT2D eigenvalue weighted by atomic mass is 10.3. The molecule has 0 unspecified atom stereocenters. The number of rotatable bonds is 1. The first-order valence-corrected chi connectivity index (χ1v) is 2.23. The van der Waals surface area contributed by atoms with Gasteiger partial charge in [0, 0.05) is 5.70 Å². The second kappa shape index (κ2) is 2.72. The number of nitrogens with two attached hydrogens (primary N) is 2. The highest BCUT2D eigenvalue weighted by Gasteiger charge is 2.05. The molecule has 0 aromatic heterocycles. The van der Waals surface area contributed by atoms with Gasteiger partial charge in [-0.25, -0.2) is 4.85 Å². The van der Waals surface area contributed by atoms with E-state index in [1.165, 1.54) is 6.92 Å². The smallest absolute Gasteiger partial charge is 0.267 e. The Labute approximate surface area is 53.0 Å². The van der Waals surface area contributed by atoms with Crippen LogP contribution in [0.4, 0.5) is 0 Å². The minimum Gasteiger partial charge on any atom is -0.411 e. The van der Waals surface area contributed by atoms with Crippen LogP contribution < -0.4 is 11.5 Å². The van der Waals surface area contributed by atoms with Gasteiger partial charge in [0.15, 0.2) is 0 Å². The molecule has 0 heterocycles. The molecule has 0 aliphatic heterocycles. The summed E-state index contributed by atoms with van der Waals surface area (Å²) in [5.74, 6) is -0.773. The van der Waals surface area contributed by atoms with Gasteiger partial charge in [0.2, 0.25) is 5.91 Å². The highest BCUT2D eigenvalue weighted by molar-refractivity contribution is 5.94. The summed E-state index contributed by atoms with van der Waals surface area (Å²) in [5, 5.41) is 0. The van der Waals surface area contributed by atoms with Gasteiger partial charge in [0.05, 0.1) is 6.57 Å². The summed E-state index contributed by atoms with van der Waals surface area (Å²) in [5.41, 5.74) is 9.85. The number of allylic oxidation sites excluding steroid dienone is 1. The molecule has 0 fully saturated rings. The first-order valence-electron chi connectivity index (χ1n) is 2.23. The maximum Gasteiger partial charge on any atom is 0.267 e. The lowest BCUT2D eigenvalue weighted by molar-refractivity contribution is -0.114. The van der Waals surface area contributed by atoms with Crippen molar-refractivity contribution in [1.29, 1.82) is 0 Å². The number of amides is 1. The van der Waals surface area contributed by atoms with Crippen molar-refractivity contribution in [3.05, 3.63) is 22.8 Å². The summed E-state index contributed by atoms with van der Waals surface area (Å²) in [6, 6.07) is 0. The molecule has 0 radical (unpaired) electrons. The molecule has 0 rings (SSSR count). The van der Waals surface area contributed by atoms with Gasteiger partial charge in [-0.05, 0) is 6.92 Å². The van der Waals surface area contributed by atoms with Crippen molar-refractivity contribution in [1.82, 2.24) is 0 Å². The summed E-state index contributed by atoms with van der Waals surface area (Å²) in [7, 11) is 0. The van der Waals surface area contributed by atoms with Crippen LogP contribution in [-0.4, -0.2) is 5.91 Å². The maximum absolute atomic E-state index is 10.2. The molecule has 0 atom stereocenters. The molecule has 0 aromatic carbocycles. The van der Waals surface area contributed by atoms with Gasteiger partial charge in [-0.1, -0.05) is 0 Å². The molecule has 4 nitrogen and oxygen atoms in total. The molecule has 0 aliphatic carbocycles. The van der Waals surface area contributed by atoms with Crippen molar-refractivity contribution in [3.8, 4) is 0 Å². The zero-order valence-corrected chi connectivity index (χ0v) is 5.01. The molecule has 4 N–H and O–H groups in total. The molecule has 0 bridgehead atoms. The van der Waals surface area contributed by atoms with Gasteiger partial charge in [0.1, 0.15) is 0 Å². The second-order valence-electron chi connectivity index (χ2n) is 1.51. The number of nitrogens with zero attached hydrogens (tertiary/aromatic N) is 1. The van der Waals surface area contributed by atoms with Crippen LogP contribution in [0.2, 0.25) is 0 Å². The third kappa shape index (κ3) is 1.82. The van der Waals surface area contributed by atoms with Gasteiger partial charge in [-0.2, -0.15) is 0 Å². The van der Waals surface area contributed by atoms with Crippen molar-refractivity contribution in [3.63, 3.8) is 0 Å². The lowest BCUT2D eigenvalue weighted by Gasteiger charge is -1.91. The Morgan fingerprint density at radius 3 is 2.00 bits per heavy atom. The summed E-state index contributed by atoms with van der Waals surface area (Å²) >= 11 is 0. The van der Waals surface area contributed by atoms with E-state index in [0.29, 0.717) is 0 Å². The number of primary amides is 1. The summed E-state index contributed by atoms with van der Waals surface area (Å²) in [6.07, 6.45) is 0. The third-order valence-electron chi connectivity index (χ3n) is 0.719. The maximum atomic E-state index is 10.2. The second-order valence-corrected chi connectivity index (χ2v) is 1.51. The number of hydrogen-bond acceptors (Lipinski definition) is 2. The predicted molar refractivity (Wildman–Crippen MR) is 32.7 cm³/mol. The Morgan fingerprint density at radius 2 is 2.00 bits per heavy atom. The van der Waals surface area contributed by atoms with Gasteiger partial charge < -0.3 is 11.5 Å². The van der Waals surface area contributed by atoms with Crippen LogP contribution in [0.15, 0.2) is 11.4 Å². The zero-order chi connectivity index (χ0) is 7.44. The van der Waals surface area contributed by atoms with Crippen LogP contribution in [0.3, 0.4) is 0 Å². The average Bonchev–Trinajstić information content (AvgIpc) is 1.64. The van der Waals surface area contributed by atoms with Gasteiger partial charge in [0.25, 0.3) is 5.70 Å². The molecule has 0 saturated carbocycles. The molecule has 4 heteroatoms. The Balaban J connectivity index is 4.62. The highest BCUT2D eigenvalue weighted by Crippen LogP contribution is 1.97. The standard InChI is InChI=1S/C5H7N3O/c1-3(6)4(8-2)5(7)9/h6H2,1H3,(H2,7,9)/b4-3+. The van der Waals surface area contributed by atoms with Crippen molar-refractivity contribution in [2.45, 2.75) is 6.92 Å². The topological polar surface area (TPSA) is 73.5 Å². The molecular weight excluding hydrogens is 118 g/mol. The van der Waals surface area contributed by atoms with Crippen molar-refractivity contribution in [2.75, 3.05) is 0 Å². The molecular formula is C5H7N3O. The lowest BCUT2D eigenvalue weighted by Crippen LogP contribution is -2.15. The average molecular weight is 125 g/mol. The minimum atomic E-state index is -0.773. The van der Waals surface area contributed by atoms with Gasteiger partial charge in [-0.3, -0.25) is 4.79 Å². The summed E-state index contributed by atoms with van der Waals surface area (Å²) in [4.78, 5) is 13.1. The van der Waals surface area contributed by atoms with E-state index >= 15 is 0 Å². The Hall–Kier alpha value is -1.50. The van der Waals surface area contributed by atoms with Gasteiger partial charge >= 0.3 is 0 Å². The molecule has 0 aromatic rings. The fourth-order valence-corrected chi connectivity index (χ4v) is 0.338. The van der Waals surface area contributed by atoms with Crippen molar-refractivity contribution in [2.24, 2.45) is 11.5 Å². The zero-order valence-electron chi connectivity index (χ0n) is 5.01. The highest BCUT2D eigenvalue weighted by atomic mass is 16.1. The van der Waals surface area contributed by atoms with Crippen LogP contribution in [-0.2, 0) is 4.79 Å². The van der Waals surface area contributed by atoms with E-state index in [-0.39, 0.29) is 11.4 Å². The van der Waals surface area contributed by atoms with E-state index in [4.69, 9.17) is 18.0 Å². The van der Waals surface area contributed by atoms with Crippen molar-refractivity contribution >= 4 is 5.91 Å². The number of carbonyl (C=O) groups excluding carboxylic acids is 1.